The molecule has 0 radical (unpaired) electrons. The van der Waals surface area contributed by atoms with Crippen LogP contribution in [0.25, 0.3) is 10.8 Å². The smallest absolute Gasteiger partial charge is 0.228 e. The van der Waals surface area contributed by atoms with Gasteiger partial charge in [0.2, 0.25) is 5.91 Å². The van der Waals surface area contributed by atoms with Crippen LogP contribution in [0.5, 0.6) is 5.75 Å². The van der Waals surface area contributed by atoms with Crippen LogP contribution in [0, 0.1) is 0 Å². The van der Waals surface area contributed by atoms with Crippen molar-refractivity contribution >= 4 is 34.0 Å². The highest BCUT2D eigenvalue weighted by molar-refractivity contribution is 6.31. The van der Waals surface area contributed by atoms with Gasteiger partial charge in [0.15, 0.2) is 0 Å². The molecule has 0 aliphatic heterocycles. The monoisotopic (exact) mass is 325 g/mol. The van der Waals surface area contributed by atoms with E-state index in [4.69, 9.17) is 16.3 Å². The van der Waals surface area contributed by atoms with Crippen LogP contribution in [0.4, 0.5) is 5.69 Å². The molecule has 0 aromatic heterocycles. The first-order valence-electron chi connectivity index (χ1n) is 7.27. The molecule has 116 valence electrons. The van der Waals surface area contributed by atoms with Gasteiger partial charge in [0.25, 0.3) is 0 Å². The number of anilines is 1. The van der Waals surface area contributed by atoms with Gasteiger partial charge < -0.3 is 10.1 Å². The zero-order valence-electron chi connectivity index (χ0n) is 12.7. The molecule has 0 unspecified atom stereocenters. The number of benzene rings is 3. The first-order valence-corrected chi connectivity index (χ1v) is 7.65. The lowest BCUT2D eigenvalue weighted by molar-refractivity contribution is -0.115. The summed E-state index contributed by atoms with van der Waals surface area (Å²) in [6.45, 7) is 0. The summed E-state index contributed by atoms with van der Waals surface area (Å²) in [7, 11) is 1.56. The maximum absolute atomic E-state index is 12.4. The maximum atomic E-state index is 12.4. The number of rotatable bonds is 4. The quantitative estimate of drug-likeness (QED) is 0.756. The van der Waals surface area contributed by atoms with Gasteiger partial charge >= 0.3 is 0 Å². The van der Waals surface area contributed by atoms with E-state index in [2.05, 4.69) is 5.32 Å². The summed E-state index contributed by atoms with van der Waals surface area (Å²) in [5.74, 6) is 0.475. The van der Waals surface area contributed by atoms with Crippen molar-refractivity contribution in [3.63, 3.8) is 0 Å². The molecule has 3 aromatic rings. The van der Waals surface area contributed by atoms with E-state index in [-0.39, 0.29) is 12.3 Å². The molecule has 0 heterocycles. The Hall–Kier alpha value is -2.52. The summed E-state index contributed by atoms with van der Waals surface area (Å²) in [6.07, 6.45) is 0.289. The highest BCUT2D eigenvalue weighted by Gasteiger charge is 2.10. The Morgan fingerprint density at radius 1 is 1.09 bits per heavy atom. The van der Waals surface area contributed by atoms with Crippen LogP contribution in [-0.2, 0) is 11.2 Å². The predicted molar refractivity (Wildman–Crippen MR) is 94.3 cm³/mol. The number of carbonyl (C=O) groups excluding carboxylic acids is 1. The minimum atomic E-state index is -0.109. The molecule has 3 rings (SSSR count). The molecule has 0 saturated carbocycles. The van der Waals surface area contributed by atoms with Crippen molar-refractivity contribution in [2.45, 2.75) is 6.42 Å². The van der Waals surface area contributed by atoms with Gasteiger partial charge in [-0.3, -0.25) is 4.79 Å². The van der Waals surface area contributed by atoms with Gasteiger partial charge in [-0.25, -0.2) is 0 Å². The van der Waals surface area contributed by atoms with Gasteiger partial charge in [0.1, 0.15) is 5.75 Å². The molecule has 1 amide bonds. The number of hydrogen-bond acceptors (Lipinski definition) is 2. The number of fused-ring (bicyclic) bond motifs is 1. The average Bonchev–Trinajstić information content (AvgIpc) is 2.55. The Balaban J connectivity index is 1.83. The van der Waals surface area contributed by atoms with Crippen molar-refractivity contribution in [3.05, 3.63) is 71.2 Å². The fourth-order valence-corrected chi connectivity index (χ4v) is 2.76. The van der Waals surface area contributed by atoms with Crippen LogP contribution in [0.3, 0.4) is 0 Å². The molecule has 0 atom stereocenters. The Bertz CT molecular complexity index is 856. The van der Waals surface area contributed by atoms with Crippen molar-refractivity contribution in [2.24, 2.45) is 0 Å². The van der Waals surface area contributed by atoms with Gasteiger partial charge in [-0.2, -0.15) is 0 Å². The van der Waals surface area contributed by atoms with Gasteiger partial charge in [-0.1, -0.05) is 54.1 Å². The second-order valence-corrected chi connectivity index (χ2v) is 5.64. The summed E-state index contributed by atoms with van der Waals surface area (Å²) < 4.78 is 5.25. The van der Waals surface area contributed by atoms with Crippen molar-refractivity contribution < 1.29 is 9.53 Å². The Morgan fingerprint density at radius 3 is 2.70 bits per heavy atom. The third-order valence-corrected chi connectivity index (χ3v) is 3.90. The van der Waals surface area contributed by atoms with E-state index in [9.17, 15) is 4.79 Å². The number of hydrogen-bond donors (Lipinski definition) is 1. The van der Waals surface area contributed by atoms with Crippen LogP contribution in [0.1, 0.15) is 5.56 Å². The summed E-state index contributed by atoms with van der Waals surface area (Å²) >= 11 is 5.99. The summed E-state index contributed by atoms with van der Waals surface area (Å²) in [5.41, 5.74) is 1.56. The van der Waals surface area contributed by atoms with Gasteiger partial charge in [-0.05, 0) is 34.5 Å². The lowest BCUT2D eigenvalue weighted by atomic mass is 10.0. The van der Waals surface area contributed by atoms with Crippen molar-refractivity contribution in [2.75, 3.05) is 12.4 Å². The predicted octanol–water partition coefficient (Wildman–Crippen LogP) is 4.68. The zero-order chi connectivity index (χ0) is 16.2. The van der Waals surface area contributed by atoms with Crippen molar-refractivity contribution in [1.82, 2.24) is 0 Å². The van der Waals surface area contributed by atoms with Crippen molar-refractivity contribution in [1.29, 1.82) is 0 Å². The molecular formula is C19H16ClNO2. The third kappa shape index (κ3) is 3.46. The SMILES string of the molecule is COc1ccc(Cl)cc1NC(=O)Cc1cccc2ccccc12. The van der Waals surface area contributed by atoms with E-state index in [1.165, 1.54) is 0 Å². The van der Waals surface area contributed by atoms with Crippen molar-refractivity contribution in [3.8, 4) is 5.75 Å². The minimum Gasteiger partial charge on any atom is -0.495 e. The number of carbonyl (C=O) groups is 1. The van der Waals surface area contributed by atoms with Gasteiger partial charge in [0.05, 0.1) is 19.2 Å². The molecule has 23 heavy (non-hydrogen) atoms. The summed E-state index contributed by atoms with van der Waals surface area (Å²) in [6, 6.07) is 19.1. The zero-order valence-corrected chi connectivity index (χ0v) is 13.4. The molecule has 0 spiro atoms. The standard InChI is InChI=1S/C19H16ClNO2/c1-23-18-10-9-15(20)12-17(18)21-19(22)11-14-7-4-6-13-5-2-3-8-16(13)14/h2-10,12H,11H2,1H3,(H,21,22). The van der Waals surface area contributed by atoms with Crippen LogP contribution >= 0.6 is 11.6 Å². The number of nitrogens with one attached hydrogen (secondary N) is 1. The van der Waals surface area contributed by atoms with Crippen LogP contribution in [0.15, 0.2) is 60.7 Å². The Kier molecular flexibility index (Phi) is 4.49. The van der Waals surface area contributed by atoms with E-state index in [1.54, 1.807) is 25.3 Å². The second-order valence-electron chi connectivity index (χ2n) is 5.21. The van der Waals surface area contributed by atoms with Crippen LogP contribution in [0.2, 0.25) is 5.02 Å². The number of halogens is 1. The van der Waals surface area contributed by atoms with E-state index < -0.39 is 0 Å². The maximum Gasteiger partial charge on any atom is 0.228 e. The first kappa shape index (κ1) is 15.4. The normalized spacial score (nSPS) is 10.5. The highest BCUT2D eigenvalue weighted by atomic mass is 35.5. The molecule has 0 aliphatic rings. The van der Waals surface area contributed by atoms with E-state index in [0.29, 0.717) is 16.5 Å². The number of amides is 1. The fraction of sp³-hybridized carbons (Fsp3) is 0.105. The van der Waals surface area contributed by atoms with E-state index >= 15 is 0 Å². The third-order valence-electron chi connectivity index (χ3n) is 3.67. The fourth-order valence-electron chi connectivity index (χ4n) is 2.59. The molecular weight excluding hydrogens is 310 g/mol. The van der Waals surface area contributed by atoms with Crippen LogP contribution in [-0.4, -0.2) is 13.0 Å². The highest BCUT2D eigenvalue weighted by Crippen LogP contribution is 2.28. The lowest BCUT2D eigenvalue weighted by Gasteiger charge is -2.11. The Labute approximate surface area is 139 Å². The molecule has 3 nitrogen and oxygen atoms in total. The first-order chi connectivity index (χ1) is 11.2. The molecule has 3 aromatic carbocycles. The largest absolute Gasteiger partial charge is 0.495 e. The molecule has 1 N–H and O–H groups in total. The topological polar surface area (TPSA) is 38.3 Å². The van der Waals surface area contributed by atoms with Crippen LogP contribution < -0.4 is 10.1 Å². The lowest BCUT2D eigenvalue weighted by Crippen LogP contribution is -2.15. The van der Waals surface area contributed by atoms with E-state index in [0.717, 1.165) is 16.3 Å². The van der Waals surface area contributed by atoms with E-state index in [1.807, 2.05) is 42.5 Å². The Morgan fingerprint density at radius 2 is 1.87 bits per heavy atom. The number of ether oxygens (including phenoxy) is 1. The molecule has 0 aliphatic carbocycles. The second kappa shape index (κ2) is 6.71. The summed E-state index contributed by atoms with van der Waals surface area (Å²) in [4.78, 5) is 12.4. The average molecular weight is 326 g/mol. The molecule has 0 bridgehead atoms. The molecule has 4 heteroatoms. The molecule has 0 fully saturated rings. The number of methoxy groups -OCH3 is 1. The minimum absolute atomic E-state index is 0.109. The van der Waals surface area contributed by atoms with Gasteiger partial charge in [-0.15, -0.1) is 0 Å². The molecule has 0 saturated heterocycles. The van der Waals surface area contributed by atoms with Gasteiger partial charge in [0, 0.05) is 5.02 Å². The summed E-state index contributed by atoms with van der Waals surface area (Å²) in [5, 5.41) is 5.62.